The zero-order valence-electron chi connectivity index (χ0n) is 26.4. The Bertz CT molecular complexity index is 1690. The highest BCUT2D eigenvalue weighted by Gasteiger charge is 2.44. The van der Waals surface area contributed by atoms with Crippen LogP contribution < -0.4 is 9.64 Å². The number of carbonyl (C=O) groups is 1. The van der Waals surface area contributed by atoms with Crippen molar-refractivity contribution in [2.75, 3.05) is 37.7 Å². The van der Waals surface area contributed by atoms with Crippen LogP contribution in [-0.2, 0) is 24.3 Å². The van der Waals surface area contributed by atoms with Crippen molar-refractivity contribution in [1.29, 1.82) is 0 Å². The van der Waals surface area contributed by atoms with Crippen LogP contribution in [0.15, 0.2) is 72.1 Å². The molecular formula is C36H37Cl2F3N4O2S. The molecule has 6 nitrogen and oxygen atoms in total. The number of likely N-dealkylation sites (tertiary alicyclic amines) is 1. The first-order valence-electron chi connectivity index (χ1n) is 16.2. The molecule has 0 aliphatic carbocycles. The molecule has 1 amide bonds. The third-order valence-electron chi connectivity index (χ3n) is 9.00. The quantitative estimate of drug-likeness (QED) is 0.145. The molecule has 0 bridgehead atoms. The highest BCUT2D eigenvalue weighted by molar-refractivity contribution is 7.14. The number of nitrogens with zero attached hydrogens (tertiary/aromatic N) is 4. The predicted molar refractivity (Wildman–Crippen MR) is 186 cm³/mol. The van der Waals surface area contributed by atoms with Gasteiger partial charge in [0.2, 0.25) is 0 Å². The van der Waals surface area contributed by atoms with E-state index in [2.05, 4.69) is 39.4 Å². The van der Waals surface area contributed by atoms with E-state index in [-0.39, 0.29) is 6.54 Å². The maximum atomic E-state index is 13.5. The van der Waals surface area contributed by atoms with Gasteiger partial charge in [0.25, 0.3) is 0 Å². The minimum Gasteiger partial charge on any atom is -0.494 e. The van der Waals surface area contributed by atoms with Gasteiger partial charge in [-0.1, -0.05) is 53.5 Å². The normalized spacial score (nSPS) is 15.7. The number of hydrogen-bond acceptors (Lipinski definition) is 6. The average molecular weight is 718 g/mol. The maximum Gasteiger partial charge on any atom is 0.471 e. The van der Waals surface area contributed by atoms with Gasteiger partial charge in [-0.15, -0.1) is 11.3 Å². The molecule has 12 heteroatoms. The summed E-state index contributed by atoms with van der Waals surface area (Å²) in [5, 5.41) is 4.02. The number of ether oxygens (including phenoxy) is 1. The third-order valence-corrected chi connectivity index (χ3v) is 10.6. The van der Waals surface area contributed by atoms with Crippen LogP contribution in [0.3, 0.4) is 0 Å². The Morgan fingerprint density at radius 2 is 1.71 bits per heavy atom. The van der Waals surface area contributed by atoms with Crippen LogP contribution in [0, 0.1) is 0 Å². The summed E-state index contributed by atoms with van der Waals surface area (Å²) >= 11 is 13.8. The second-order valence-corrected chi connectivity index (χ2v) is 13.9. The van der Waals surface area contributed by atoms with Crippen LogP contribution in [0.4, 0.5) is 18.3 Å². The average Bonchev–Trinajstić information content (AvgIpc) is 3.58. The topological polar surface area (TPSA) is 48.9 Å². The van der Waals surface area contributed by atoms with E-state index >= 15 is 0 Å². The van der Waals surface area contributed by atoms with Crippen LogP contribution in [0.25, 0.3) is 11.3 Å². The van der Waals surface area contributed by atoms with Crippen LogP contribution in [0.5, 0.6) is 5.75 Å². The number of fused-ring (bicyclic) bond motifs is 1. The van der Waals surface area contributed by atoms with Gasteiger partial charge in [-0.25, -0.2) is 4.98 Å². The zero-order chi connectivity index (χ0) is 33.7. The van der Waals surface area contributed by atoms with Gasteiger partial charge in [0.05, 0.1) is 22.3 Å². The molecule has 1 fully saturated rings. The number of rotatable bonds is 11. The summed E-state index contributed by atoms with van der Waals surface area (Å²) in [4.78, 5) is 22.8. The molecule has 0 radical (unpaired) electrons. The molecule has 1 aromatic heterocycles. The summed E-state index contributed by atoms with van der Waals surface area (Å²) < 4.78 is 46.5. The molecular weight excluding hydrogens is 680 g/mol. The number of thiazole rings is 1. The van der Waals surface area contributed by atoms with Crippen LogP contribution in [0.1, 0.15) is 42.4 Å². The van der Waals surface area contributed by atoms with E-state index in [1.165, 1.54) is 11.1 Å². The summed E-state index contributed by atoms with van der Waals surface area (Å²) in [6, 6.07) is 21.2. The first-order chi connectivity index (χ1) is 23.1. The van der Waals surface area contributed by atoms with E-state index in [9.17, 15) is 18.0 Å². The molecule has 3 aromatic carbocycles. The van der Waals surface area contributed by atoms with E-state index in [1.807, 2.05) is 30.3 Å². The number of anilines is 1. The Kier molecular flexibility index (Phi) is 11.2. The van der Waals surface area contributed by atoms with Crippen molar-refractivity contribution >= 4 is 45.6 Å². The number of alkyl halides is 3. The van der Waals surface area contributed by atoms with Gasteiger partial charge < -0.3 is 14.5 Å². The molecule has 2 aliphatic rings. The minimum absolute atomic E-state index is 0.0346. The molecule has 2 aliphatic heterocycles. The van der Waals surface area contributed by atoms with Gasteiger partial charge in [0.1, 0.15) is 5.75 Å². The zero-order valence-corrected chi connectivity index (χ0v) is 28.7. The second kappa shape index (κ2) is 15.5. The van der Waals surface area contributed by atoms with Gasteiger partial charge in [0, 0.05) is 56.3 Å². The number of aromatic nitrogens is 1. The highest BCUT2D eigenvalue weighted by Crippen LogP contribution is 2.32. The summed E-state index contributed by atoms with van der Waals surface area (Å²) in [6.45, 7) is 3.97. The fourth-order valence-electron chi connectivity index (χ4n) is 6.40. The van der Waals surface area contributed by atoms with E-state index in [4.69, 9.17) is 32.9 Å². The van der Waals surface area contributed by atoms with E-state index in [1.54, 1.807) is 23.5 Å². The lowest BCUT2D eigenvalue weighted by Gasteiger charge is -2.39. The molecule has 3 heterocycles. The molecule has 0 N–H and O–H groups in total. The van der Waals surface area contributed by atoms with Gasteiger partial charge in [0.15, 0.2) is 5.13 Å². The first-order valence-corrected chi connectivity index (χ1v) is 17.8. The first kappa shape index (κ1) is 34.5. The van der Waals surface area contributed by atoms with Crippen molar-refractivity contribution in [2.24, 2.45) is 0 Å². The minimum atomic E-state index is -4.91. The summed E-state index contributed by atoms with van der Waals surface area (Å²) in [5.74, 6) is -1.09. The molecule has 0 saturated carbocycles. The molecule has 0 unspecified atom stereocenters. The Balaban J connectivity index is 0.959. The summed E-state index contributed by atoms with van der Waals surface area (Å²) in [6.07, 6.45) is -2.03. The van der Waals surface area contributed by atoms with Gasteiger partial charge >= 0.3 is 12.1 Å². The van der Waals surface area contributed by atoms with Gasteiger partial charge in [-0.05, 0) is 85.2 Å². The Hall–Kier alpha value is -3.31. The SMILES string of the molecule is O=C(N(CCCCOc1ccc(-c2csc(N3CCc4ccccc4C3)n2)cc1)C1CCN(Cc2ccc(Cl)c(Cl)c2)CC1)C(F)(F)F. The molecule has 4 aromatic rings. The lowest BCUT2D eigenvalue weighted by Crippen LogP contribution is -2.51. The number of piperidine rings is 1. The van der Waals surface area contributed by atoms with Crippen LogP contribution in [0.2, 0.25) is 10.0 Å². The number of unbranched alkanes of at least 4 members (excludes halogenated alkanes) is 1. The molecule has 0 spiro atoms. The predicted octanol–water partition coefficient (Wildman–Crippen LogP) is 8.89. The smallest absolute Gasteiger partial charge is 0.471 e. The fraction of sp³-hybridized carbons (Fsp3) is 0.389. The summed E-state index contributed by atoms with van der Waals surface area (Å²) in [7, 11) is 0. The van der Waals surface area contributed by atoms with E-state index in [0.717, 1.165) is 46.4 Å². The van der Waals surface area contributed by atoms with Crippen LogP contribution in [-0.4, -0.2) is 65.7 Å². The molecule has 1 saturated heterocycles. The highest BCUT2D eigenvalue weighted by atomic mass is 35.5. The Labute approximate surface area is 293 Å². The van der Waals surface area contributed by atoms with Crippen molar-refractivity contribution < 1.29 is 22.7 Å². The van der Waals surface area contributed by atoms with Crippen molar-refractivity contribution in [2.45, 2.75) is 57.4 Å². The maximum absolute atomic E-state index is 13.5. The standard InChI is InChI=1S/C36H37Cl2F3N4O2S/c37-31-12-7-25(21-32(31)38)22-43-17-14-29(15-18-43)45(34(46)36(39,40)41)16-3-4-20-47-30-10-8-27(9-11-30)33-24-48-35(42-33)44-19-13-26-5-1-2-6-28(26)23-44/h1-2,5-12,21,24,29H,3-4,13-20,22-23H2. The van der Waals surface area contributed by atoms with Crippen molar-refractivity contribution in [1.82, 2.24) is 14.8 Å². The largest absolute Gasteiger partial charge is 0.494 e. The third kappa shape index (κ3) is 8.64. The fourth-order valence-corrected chi connectivity index (χ4v) is 7.58. The van der Waals surface area contributed by atoms with Crippen LogP contribution >= 0.6 is 34.5 Å². The monoisotopic (exact) mass is 716 g/mol. The number of carbonyl (C=O) groups excluding carboxylic acids is 1. The molecule has 0 atom stereocenters. The second-order valence-electron chi connectivity index (χ2n) is 12.3. The van der Waals surface area contributed by atoms with Crippen molar-refractivity contribution in [3.05, 3.63) is 98.8 Å². The van der Waals surface area contributed by atoms with Gasteiger partial charge in [-0.3, -0.25) is 9.69 Å². The van der Waals surface area contributed by atoms with E-state index in [0.29, 0.717) is 67.7 Å². The molecule has 6 rings (SSSR count). The lowest BCUT2D eigenvalue weighted by atomic mass is 10.0. The Morgan fingerprint density at radius 1 is 0.958 bits per heavy atom. The van der Waals surface area contributed by atoms with Crippen molar-refractivity contribution in [3.63, 3.8) is 0 Å². The van der Waals surface area contributed by atoms with E-state index < -0.39 is 18.1 Å². The number of amides is 1. The lowest BCUT2D eigenvalue weighted by molar-refractivity contribution is -0.188. The van der Waals surface area contributed by atoms with Crippen molar-refractivity contribution in [3.8, 4) is 17.0 Å². The number of halogens is 5. The molecule has 254 valence electrons. The number of benzene rings is 3. The molecule has 48 heavy (non-hydrogen) atoms. The summed E-state index contributed by atoms with van der Waals surface area (Å²) in [5.41, 5.74) is 5.64. The Morgan fingerprint density at radius 3 is 2.44 bits per heavy atom. The number of hydrogen-bond donors (Lipinski definition) is 0. The van der Waals surface area contributed by atoms with Gasteiger partial charge in [-0.2, -0.15) is 13.2 Å².